The Bertz CT molecular complexity index is 1330. The lowest BCUT2D eigenvalue weighted by molar-refractivity contribution is 0.0951. The number of alkyl halides is 1. The van der Waals surface area contributed by atoms with Crippen molar-refractivity contribution in [1.82, 2.24) is 35.3 Å². The van der Waals surface area contributed by atoms with Crippen molar-refractivity contribution in [2.24, 2.45) is 0 Å². The molecule has 0 aliphatic carbocycles. The van der Waals surface area contributed by atoms with Crippen LogP contribution in [0.3, 0.4) is 0 Å². The van der Waals surface area contributed by atoms with E-state index in [1.807, 2.05) is 27.7 Å². The number of H-pyrrole nitrogens is 1. The van der Waals surface area contributed by atoms with Gasteiger partial charge in [0.1, 0.15) is 23.6 Å². The van der Waals surface area contributed by atoms with Gasteiger partial charge in [-0.15, -0.1) is 0 Å². The highest BCUT2D eigenvalue weighted by Crippen LogP contribution is 2.39. The molecular formula is C23H27IN8O2. The van der Waals surface area contributed by atoms with Gasteiger partial charge in [-0.1, -0.05) is 22.6 Å². The second-order valence-corrected chi connectivity index (χ2v) is 8.56. The molecule has 178 valence electrons. The van der Waals surface area contributed by atoms with Gasteiger partial charge in [0.15, 0.2) is 5.65 Å². The van der Waals surface area contributed by atoms with Crippen LogP contribution in [-0.4, -0.2) is 49.0 Å². The van der Waals surface area contributed by atoms with Crippen LogP contribution in [0.5, 0.6) is 5.75 Å². The number of nitrogens with zero attached hydrogens (tertiary/aromatic N) is 5. The monoisotopic (exact) mass is 574 g/mol. The predicted molar refractivity (Wildman–Crippen MR) is 139 cm³/mol. The van der Waals surface area contributed by atoms with Crippen molar-refractivity contribution in [2.75, 3.05) is 18.9 Å². The number of fused-ring (bicyclic) bond motifs is 1. The molecule has 0 aliphatic rings. The number of hydrogen-bond acceptors (Lipinski definition) is 7. The molecule has 0 fully saturated rings. The highest BCUT2D eigenvalue weighted by molar-refractivity contribution is 14.1. The summed E-state index contributed by atoms with van der Waals surface area (Å²) in [6.45, 7) is 8.73. The van der Waals surface area contributed by atoms with Crippen LogP contribution in [0.15, 0.2) is 24.8 Å². The number of amides is 1. The number of ether oxygens (including phenoxy) is 1. The molecular weight excluding hydrogens is 547 g/mol. The number of carbonyl (C=O) groups is 1. The van der Waals surface area contributed by atoms with Crippen LogP contribution in [0.25, 0.3) is 22.3 Å². The second-order valence-electron chi connectivity index (χ2n) is 7.79. The highest BCUT2D eigenvalue weighted by Gasteiger charge is 2.28. The lowest BCUT2D eigenvalue weighted by Gasteiger charge is -2.23. The topological polar surface area (TPSA) is 137 Å². The van der Waals surface area contributed by atoms with E-state index in [0.29, 0.717) is 47.0 Å². The average molecular weight is 574 g/mol. The molecule has 0 radical (unpaired) electrons. The van der Waals surface area contributed by atoms with Gasteiger partial charge in [-0.05, 0) is 44.9 Å². The Kier molecular flexibility index (Phi) is 7.00. The van der Waals surface area contributed by atoms with Gasteiger partial charge in [0.2, 0.25) is 0 Å². The molecule has 3 heterocycles. The van der Waals surface area contributed by atoms with Crippen molar-refractivity contribution >= 4 is 45.3 Å². The molecule has 1 unspecified atom stereocenters. The number of nitrogen functional groups attached to an aromatic ring is 1. The quantitative estimate of drug-likeness (QED) is 0.215. The van der Waals surface area contributed by atoms with E-state index >= 15 is 0 Å². The van der Waals surface area contributed by atoms with Gasteiger partial charge in [0.25, 0.3) is 5.91 Å². The first-order chi connectivity index (χ1) is 16.4. The maximum Gasteiger partial charge on any atom is 0.255 e. The fourth-order valence-electron chi connectivity index (χ4n) is 4.09. The molecule has 1 aromatic carbocycles. The summed E-state index contributed by atoms with van der Waals surface area (Å²) in [5.74, 6) is 0.742. The van der Waals surface area contributed by atoms with Crippen molar-refractivity contribution in [3.05, 3.63) is 47.0 Å². The number of aromatic amines is 1. The number of benzene rings is 1. The predicted octanol–water partition coefficient (Wildman–Crippen LogP) is 3.80. The first-order valence-electron chi connectivity index (χ1n) is 11.0. The number of rotatable bonds is 8. The van der Waals surface area contributed by atoms with Crippen LogP contribution in [0.1, 0.15) is 53.9 Å². The maximum absolute atomic E-state index is 13.1. The summed E-state index contributed by atoms with van der Waals surface area (Å²) < 4.78 is 8.65. The summed E-state index contributed by atoms with van der Waals surface area (Å²) in [6, 6.07) is 1.78. The third kappa shape index (κ3) is 4.08. The molecule has 0 spiro atoms. The summed E-state index contributed by atoms with van der Waals surface area (Å²) in [6.07, 6.45) is 4.86. The van der Waals surface area contributed by atoms with Gasteiger partial charge in [-0.2, -0.15) is 10.2 Å². The number of halogens is 1. The zero-order valence-electron chi connectivity index (χ0n) is 19.5. The SMILES string of the molecule is CCNC(=O)c1c(C)c(CI)cc(C(C)n2nc(-c3cn[nH]c3)c3c(N)ncnc32)c1OCC. The van der Waals surface area contributed by atoms with Gasteiger partial charge in [-0.3, -0.25) is 9.89 Å². The minimum atomic E-state index is -0.311. The van der Waals surface area contributed by atoms with Crippen molar-refractivity contribution < 1.29 is 9.53 Å². The van der Waals surface area contributed by atoms with Gasteiger partial charge in [0, 0.05) is 28.3 Å². The van der Waals surface area contributed by atoms with E-state index in [-0.39, 0.29) is 11.9 Å². The molecule has 1 amide bonds. The summed E-state index contributed by atoms with van der Waals surface area (Å²) in [5, 5.41) is 15.3. The minimum absolute atomic E-state index is 0.153. The number of nitrogens with one attached hydrogen (secondary N) is 2. The van der Waals surface area contributed by atoms with Crippen molar-refractivity contribution in [3.8, 4) is 17.0 Å². The maximum atomic E-state index is 13.1. The van der Waals surface area contributed by atoms with Gasteiger partial charge in [-0.25, -0.2) is 14.6 Å². The van der Waals surface area contributed by atoms with Crippen LogP contribution >= 0.6 is 22.6 Å². The van der Waals surface area contributed by atoms with E-state index in [1.165, 1.54) is 6.33 Å². The Morgan fingerprint density at radius 2 is 2.15 bits per heavy atom. The summed E-state index contributed by atoms with van der Waals surface area (Å²) >= 11 is 2.32. The lowest BCUT2D eigenvalue weighted by Crippen LogP contribution is -2.26. The third-order valence-electron chi connectivity index (χ3n) is 5.78. The smallest absolute Gasteiger partial charge is 0.255 e. The Labute approximate surface area is 210 Å². The van der Waals surface area contributed by atoms with E-state index in [0.717, 1.165) is 26.7 Å². The van der Waals surface area contributed by atoms with E-state index in [9.17, 15) is 4.79 Å². The molecule has 0 saturated carbocycles. The first kappa shape index (κ1) is 23.9. The molecule has 4 aromatic rings. The van der Waals surface area contributed by atoms with E-state index in [4.69, 9.17) is 15.6 Å². The largest absolute Gasteiger partial charge is 0.493 e. The fraction of sp³-hybridized carbons (Fsp3) is 0.348. The molecule has 4 N–H and O–H groups in total. The van der Waals surface area contributed by atoms with Crippen LogP contribution in [0, 0.1) is 6.92 Å². The molecule has 11 heteroatoms. The number of carbonyl (C=O) groups excluding carboxylic acids is 1. The second kappa shape index (κ2) is 9.95. The van der Waals surface area contributed by atoms with Gasteiger partial charge < -0.3 is 15.8 Å². The van der Waals surface area contributed by atoms with Crippen molar-refractivity contribution in [3.63, 3.8) is 0 Å². The highest BCUT2D eigenvalue weighted by atomic mass is 127. The molecule has 10 nitrogen and oxygen atoms in total. The molecule has 1 atom stereocenters. The van der Waals surface area contributed by atoms with Crippen LogP contribution < -0.4 is 15.8 Å². The molecule has 4 rings (SSSR count). The molecule has 0 bridgehead atoms. The average Bonchev–Trinajstić information content (AvgIpc) is 3.48. The summed E-state index contributed by atoms with van der Waals surface area (Å²) in [7, 11) is 0. The van der Waals surface area contributed by atoms with E-state index in [1.54, 1.807) is 17.1 Å². The van der Waals surface area contributed by atoms with Gasteiger partial charge in [0.05, 0.1) is 29.8 Å². The van der Waals surface area contributed by atoms with Crippen LogP contribution in [0.4, 0.5) is 5.82 Å². The Morgan fingerprint density at radius 3 is 2.79 bits per heavy atom. The van der Waals surface area contributed by atoms with Gasteiger partial charge >= 0.3 is 0 Å². The summed E-state index contributed by atoms with van der Waals surface area (Å²) in [5.41, 5.74) is 11.6. The van der Waals surface area contributed by atoms with Crippen LogP contribution in [0.2, 0.25) is 0 Å². The Morgan fingerprint density at radius 1 is 1.35 bits per heavy atom. The molecule has 0 aliphatic heterocycles. The van der Waals surface area contributed by atoms with Crippen molar-refractivity contribution in [1.29, 1.82) is 0 Å². The Balaban J connectivity index is 1.98. The number of anilines is 1. The zero-order valence-corrected chi connectivity index (χ0v) is 21.7. The zero-order chi connectivity index (χ0) is 24.4. The first-order valence-corrected chi connectivity index (χ1v) is 12.6. The van der Waals surface area contributed by atoms with Crippen molar-refractivity contribution in [2.45, 2.75) is 38.2 Å². The number of hydrogen-bond donors (Lipinski definition) is 3. The van der Waals surface area contributed by atoms with Crippen LogP contribution in [-0.2, 0) is 4.43 Å². The molecule has 0 saturated heterocycles. The minimum Gasteiger partial charge on any atom is -0.493 e. The van der Waals surface area contributed by atoms with E-state index < -0.39 is 0 Å². The normalized spacial score (nSPS) is 12.1. The molecule has 34 heavy (non-hydrogen) atoms. The number of aromatic nitrogens is 6. The lowest BCUT2D eigenvalue weighted by atomic mass is 9.94. The van der Waals surface area contributed by atoms with E-state index in [2.05, 4.69) is 54.1 Å². The molecule has 3 aromatic heterocycles. The third-order valence-corrected chi connectivity index (χ3v) is 6.60. The Hall–Kier alpha value is -3.22. The standard InChI is InChI=1S/C23H27IN8O2/c1-5-26-23(33)17-12(3)14(8-24)7-16(20(17)34-6-2)13(4)32-22-18(21(25)27-11-28-22)19(31-32)15-9-29-30-10-15/h7,9-11,13H,5-6,8H2,1-4H3,(H,26,33)(H,29,30)(H2,25,27,28). The number of nitrogens with two attached hydrogens (primary N) is 1. The summed E-state index contributed by atoms with van der Waals surface area (Å²) in [4.78, 5) is 21.8. The fourth-order valence-corrected chi connectivity index (χ4v) is 4.88.